The standard InChI is InChI=1S/C11H16N4O2S3/c1-18-11(3-2-4-11)7-13-20(16,17)9-8(12)14-10-15(9)5-6-19-10/h5-6,13H,2-4,7,12H2,1H3. The van der Waals surface area contributed by atoms with Gasteiger partial charge in [-0.1, -0.05) is 6.42 Å². The maximum atomic E-state index is 12.5. The van der Waals surface area contributed by atoms with Crippen LogP contribution in [0.2, 0.25) is 0 Å². The first-order valence-electron chi connectivity index (χ1n) is 6.23. The number of fused-ring (bicyclic) bond motifs is 1. The molecule has 2 heterocycles. The molecule has 0 aliphatic heterocycles. The number of anilines is 1. The number of nitrogens with zero attached hydrogens (tertiary/aromatic N) is 2. The molecule has 2 aromatic rings. The SMILES string of the molecule is CSC1(CNS(=O)(=O)c2c(N)nc3sccn23)CCC1. The molecule has 0 atom stereocenters. The van der Waals surface area contributed by atoms with Gasteiger partial charge in [0, 0.05) is 22.9 Å². The molecular weight excluding hydrogens is 316 g/mol. The van der Waals surface area contributed by atoms with Crippen molar-refractivity contribution in [3.05, 3.63) is 11.6 Å². The Kier molecular flexibility index (Phi) is 3.47. The lowest BCUT2D eigenvalue weighted by Crippen LogP contribution is -2.45. The van der Waals surface area contributed by atoms with E-state index in [2.05, 4.69) is 9.71 Å². The molecule has 0 bridgehead atoms. The van der Waals surface area contributed by atoms with Crippen LogP contribution in [-0.2, 0) is 10.0 Å². The third-order valence-corrected chi connectivity index (χ3v) is 7.39. The summed E-state index contributed by atoms with van der Waals surface area (Å²) in [7, 11) is -3.64. The van der Waals surface area contributed by atoms with Crippen LogP contribution in [0.15, 0.2) is 16.6 Å². The molecule has 0 saturated heterocycles. The van der Waals surface area contributed by atoms with Crippen LogP contribution in [-0.4, -0.2) is 35.4 Å². The molecule has 1 saturated carbocycles. The summed E-state index contributed by atoms with van der Waals surface area (Å²) in [5.41, 5.74) is 5.75. The van der Waals surface area contributed by atoms with Gasteiger partial charge >= 0.3 is 0 Å². The van der Waals surface area contributed by atoms with E-state index in [1.807, 2.05) is 6.26 Å². The first-order chi connectivity index (χ1) is 9.47. The average molecular weight is 332 g/mol. The molecule has 6 nitrogen and oxygen atoms in total. The number of hydrogen-bond donors (Lipinski definition) is 2. The van der Waals surface area contributed by atoms with E-state index in [4.69, 9.17) is 5.73 Å². The quantitative estimate of drug-likeness (QED) is 0.867. The highest BCUT2D eigenvalue weighted by Crippen LogP contribution is 2.42. The van der Waals surface area contributed by atoms with E-state index in [1.54, 1.807) is 23.3 Å². The zero-order chi connectivity index (χ0) is 14.4. The Morgan fingerprint density at radius 3 is 2.95 bits per heavy atom. The highest BCUT2D eigenvalue weighted by atomic mass is 32.2. The largest absolute Gasteiger partial charge is 0.381 e. The number of thiazole rings is 1. The van der Waals surface area contributed by atoms with Crippen molar-refractivity contribution in [2.24, 2.45) is 0 Å². The van der Waals surface area contributed by atoms with Gasteiger partial charge in [-0.2, -0.15) is 11.8 Å². The van der Waals surface area contributed by atoms with Gasteiger partial charge in [-0.25, -0.2) is 18.1 Å². The Morgan fingerprint density at radius 1 is 1.60 bits per heavy atom. The third kappa shape index (κ3) is 2.22. The van der Waals surface area contributed by atoms with Crippen LogP contribution in [0.5, 0.6) is 0 Å². The number of nitrogen functional groups attached to an aromatic ring is 1. The van der Waals surface area contributed by atoms with Crippen molar-refractivity contribution in [2.45, 2.75) is 29.0 Å². The van der Waals surface area contributed by atoms with E-state index in [9.17, 15) is 8.42 Å². The Morgan fingerprint density at radius 2 is 2.35 bits per heavy atom. The van der Waals surface area contributed by atoms with Crippen molar-refractivity contribution in [1.29, 1.82) is 0 Å². The number of rotatable bonds is 5. The topological polar surface area (TPSA) is 89.5 Å². The minimum absolute atomic E-state index is 0.0419. The molecule has 3 rings (SSSR count). The second-order valence-electron chi connectivity index (χ2n) is 4.92. The van der Waals surface area contributed by atoms with Gasteiger partial charge < -0.3 is 5.73 Å². The Hall–Kier alpha value is -0.770. The smallest absolute Gasteiger partial charge is 0.260 e. The zero-order valence-corrected chi connectivity index (χ0v) is 13.4. The summed E-state index contributed by atoms with van der Waals surface area (Å²) < 4.78 is 29.2. The van der Waals surface area contributed by atoms with E-state index in [1.165, 1.54) is 15.7 Å². The molecule has 0 spiro atoms. The normalized spacial score (nSPS) is 18.2. The summed E-state index contributed by atoms with van der Waals surface area (Å²) in [4.78, 5) is 4.66. The van der Waals surface area contributed by atoms with Gasteiger partial charge in [-0.3, -0.25) is 4.40 Å². The van der Waals surface area contributed by atoms with Gasteiger partial charge in [-0.05, 0) is 19.1 Å². The summed E-state index contributed by atoms with van der Waals surface area (Å²) in [6.07, 6.45) is 6.95. The fraction of sp³-hybridized carbons (Fsp3) is 0.545. The third-order valence-electron chi connectivity index (χ3n) is 3.78. The highest BCUT2D eigenvalue weighted by Gasteiger charge is 2.38. The number of sulfonamides is 1. The Labute approximate surface area is 125 Å². The number of nitrogens with one attached hydrogen (secondary N) is 1. The van der Waals surface area contributed by atoms with E-state index in [0.717, 1.165) is 19.3 Å². The van der Waals surface area contributed by atoms with Crippen molar-refractivity contribution >= 4 is 43.9 Å². The van der Waals surface area contributed by atoms with E-state index >= 15 is 0 Å². The minimum Gasteiger partial charge on any atom is -0.381 e. The lowest BCUT2D eigenvalue weighted by Gasteiger charge is -2.40. The first-order valence-corrected chi connectivity index (χ1v) is 9.82. The molecule has 0 amide bonds. The number of hydrogen-bond acceptors (Lipinski definition) is 6. The maximum absolute atomic E-state index is 12.5. The van der Waals surface area contributed by atoms with Gasteiger partial charge in [0.25, 0.3) is 10.0 Å². The van der Waals surface area contributed by atoms with Crippen LogP contribution in [0.1, 0.15) is 19.3 Å². The molecular formula is C11H16N4O2S3. The summed E-state index contributed by atoms with van der Waals surface area (Å²) in [6.45, 7) is 0.438. The second kappa shape index (κ2) is 4.90. The number of nitrogens with two attached hydrogens (primary N) is 1. The monoisotopic (exact) mass is 332 g/mol. The molecule has 0 unspecified atom stereocenters. The van der Waals surface area contributed by atoms with Crippen LogP contribution in [0.4, 0.5) is 5.82 Å². The van der Waals surface area contributed by atoms with E-state index < -0.39 is 10.0 Å². The van der Waals surface area contributed by atoms with Gasteiger partial charge in [0.1, 0.15) is 0 Å². The summed E-state index contributed by atoms with van der Waals surface area (Å²) in [5, 5.41) is 1.83. The molecule has 0 radical (unpaired) electrons. The maximum Gasteiger partial charge on any atom is 0.260 e. The lowest BCUT2D eigenvalue weighted by atomic mass is 9.84. The summed E-state index contributed by atoms with van der Waals surface area (Å²) in [6, 6.07) is 0. The number of imidazole rings is 1. The molecule has 1 fully saturated rings. The fourth-order valence-electron chi connectivity index (χ4n) is 2.37. The van der Waals surface area contributed by atoms with Crippen LogP contribution >= 0.6 is 23.1 Å². The zero-order valence-electron chi connectivity index (χ0n) is 11.0. The Balaban J connectivity index is 1.88. The number of thioether (sulfide) groups is 1. The molecule has 1 aliphatic carbocycles. The van der Waals surface area contributed by atoms with Crippen LogP contribution in [0, 0.1) is 0 Å². The molecule has 1 aliphatic rings. The van der Waals surface area contributed by atoms with Crippen molar-refractivity contribution in [1.82, 2.24) is 14.1 Å². The van der Waals surface area contributed by atoms with Crippen LogP contribution < -0.4 is 10.5 Å². The molecule has 110 valence electrons. The lowest BCUT2D eigenvalue weighted by molar-refractivity contribution is 0.361. The Bertz CT molecular complexity index is 725. The fourth-order valence-corrected chi connectivity index (χ4v) is 5.48. The first kappa shape index (κ1) is 14.2. The van der Waals surface area contributed by atoms with Crippen molar-refractivity contribution in [3.8, 4) is 0 Å². The molecule has 2 aromatic heterocycles. The van der Waals surface area contributed by atoms with Crippen LogP contribution in [0.3, 0.4) is 0 Å². The van der Waals surface area contributed by atoms with Crippen molar-refractivity contribution < 1.29 is 8.42 Å². The molecule has 0 aromatic carbocycles. The van der Waals surface area contributed by atoms with Crippen LogP contribution in [0.25, 0.3) is 4.96 Å². The predicted molar refractivity (Wildman–Crippen MR) is 82.8 cm³/mol. The summed E-state index contributed by atoms with van der Waals surface area (Å²) in [5.74, 6) is 0.0520. The average Bonchev–Trinajstić information content (AvgIpc) is 2.87. The van der Waals surface area contributed by atoms with Gasteiger partial charge in [0.05, 0.1) is 0 Å². The van der Waals surface area contributed by atoms with Gasteiger partial charge in [-0.15, -0.1) is 11.3 Å². The highest BCUT2D eigenvalue weighted by molar-refractivity contribution is 8.00. The number of aromatic nitrogens is 2. The summed E-state index contributed by atoms with van der Waals surface area (Å²) >= 11 is 3.09. The minimum atomic E-state index is -3.64. The van der Waals surface area contributed by atoms with Crippen molar-refractivity contribution in [3.63, 3.8) is 0 Å². The molecule has 9 heteroatoms. The molecule has 20 heavy (non-hydrogen) atoms. The van der Waals surface area contributed by atoms with E-state index in [-0.39, 0.29) is 15.6 Å². The van der Waals surface area contributed by atoms with Gasteiger partial charge in [0.2, 0.25) is 0 Å². The van der Waals surface area contributed by atoms with E-state index in [0.29, 0.717) is 11.5 Å². The van der Waals surface area contributed by atoms with Gasteiger partial charge in [0.15, 0.2) is 15.8 Å². The molecule has 3 N–H and O–H groups in total. The predicted octanol–water partition coefficient (Wildman–Crippen LogP) is 1.54. The second-order valence-corrected chi connectivity index (χ2v) is 8.75. The van der Waals surface area contributed by atoms with Crippen molar-refractivity contribution in [2.75, 3.05) is 18.5 Å².